The van der Waals surface area contributed by atoms with Gasteiger partial charge in [0.1, 0.15) is 0 Å². The molecule has 2 aromatic rings. The second-order valence-corrected chi connectivity index (χ2v) is 8.91. The van der Waals surface area contributed by atoms with Crippen molar-refractivity contribution >= 4 is 54.8 Å². The van der Waals surface area contributed by atoms with Crippen molar-refractivity contribution in [2.45, 2.75) is 32.7 Å². The Bertz CT molecular complexity index is 624. The summed E-state index contributed by atoms with van der Waals surface area (Å²) < 4.78 is 4.17. The second-order valence-electron chi connectivity index (χ2n) is 4.78. The van der Waals surface area contributed by atoms with E-state index in [9.17, 15) is 0 Å². The fourth-order valence-corrected chi connectivity index (χ4v) is 5.71. The summed E-state index contributed by atoms with van der Waals surface area (Å²) in [6.45, 7) is 5.09. The fraction of sp³-hybridized carbons (Fsp3) is 0.500. The van der Waals surface area contributed by atoms with Gasteiger partial charge >= 0.3 is 0 Å². The quantitative estimate of drug-likeness (QED) is 0.656. The predicted molar refractivity (Wildman–Crippen MR) is 97.4 cm³/mol. The highest BCUT2D eigenvalue weighted by molar-refractivity contribution is 9.12. The Labute approximate surface area is 151 Å². The number of nitrogens with zero attached hydrogens (tertiary/aromatic N) is 2. The molecule has 0 radical (unpaired) electrons. The highest BCUT2D eigenvalue weighted by Crippen LogP contribution is 2.37. The Kier molecular flexibility index (Phi) is 6.32. The Morgan fingerprint density at radius 3 is 2.62 bits per heavy atom. The molecule has 0 amide bonds. The molecule has 21 heavy (non-hydrogen) atoms. The number of hydrogen-bond donors (Lipinski definition) is 1. The zero-order chi connectivity index (χ0) is 15.6. The van der Waals surface area contributed by atoms with Crippen molar-refractivity contribution in [3.05, 3.63) is 35.6 Å². The lowest BCUT2D eigenvalue weighted by Gasteiger charge is -2.18. The third-order valence-corrected chi connectivity index (χ3v) is 6.23. The van der Waals surface area contributed by atoms with Gasteiger partial charge in [0.05, 0.1) is 24.0 Å². The smallest absolute Gasteiger partial charge is 0.0850 e. The summed E-state index contributed by atoms with van der Waals surface area (Å²) in [4.78, 5) is 0. The molecule has 3 nitrogen and oxygen atoms in total. The first-order valence-corrected chi connectivity index (χ1v) is 9.64. The molecule has 0 aromatic carbocycles. The fourth-order valence-electron chi connectivity index (χ4n) is 2.36. The van der Waals surface area contributed by atoms with E-state index in [1.807, 2.05) is 11.7 Å². The number of nitrogens with one attached hydrogen (secondary N) is 1. The molecule has 0 aliphatic heterocycles. The molecule has 116 valence electrons. The van der Waals surface area contributed by atoms with Gasteiger partial charge in [0.25, 0.3) is 0 Å². The Hall–Kier alpha value is 0.120. The van der Waals surface area contributed by atoms with E-state index in [0.29, 0.717) is 0 Å². The summed E-state index contributed by atoms with van der Waals surface area (Å²) in [7, 11) is 1.96. The van der Waals surface area contributed by atoms with Crippen LogP contribution in [0.5, 0.6) is 0 Å². The van der Waals surface area contributed by atoms with Crippen LogP contribution in [0.4, 0.5) is 0 Å². The molecule has 1 atom stereocenters. The van der Waals surface area contributed by atoms with E-state index in [1.165, 1.54) is 5.56 Å². The Balaban J connectivity index is 2.33. The van der Waals surface area contributed by atoms with E-state index in [0.717, 1.165) is 43.4 Å². The van der Waals surface area contributed by atoms with Crippen molar-refractivity contribution in [2.75, 3.05) is 6.54 Å². The molecule has 0 saturated heterocycles. The average molecular weight is 456 g/mol. The van der Waals surface area contributed by atoms with Gasteiger partial charge in [0.2, 0.25) is 0 Å². The SMILES string of the molecule is CCNC(Cc1c(Cl)c(CC)nn1C)c1cc(Br)sc1Br. The van der Waals surface area contributed by atoms with Gasteiger partial charge in [-0.2, -0.15) is 5.10 Å². The number of aromatic nitrogens is 2. The average Bonchev–Trinajstić information content (AvgIpc) is 2.90. The van der Waals surface area contributed by atoms with Crippen LogP contribution in [-0.4, -0.2) is 16.3 Å². The Morgan fingerprint density at radius 1 is 1.43 bits per heavy atom. The number of hydrogen-bond acceptors (Lipinski definition) is 3. The highest BCUT2D eigenvalue weighted by Gasteiger charge is 2.21. The van der Waals surface area contributed by atoms with Crippen molar-refractivity contribution in [3.63, 3.8) is 0 Å². The molecule has 2 aromatic heterocycles. The van der Waals surface area contributed by atoms with Crippen LogP contribution >= 0.6 is 54.8 Å². The van der Waals surface area contributed by atoms with Crippen LogP contribution in [0.2, 0.25) is 5.02 Å². The Morgan fingerprint density at radius 2 is 2.14 bits per heavy atom. The molecule has 1 unspecified atom stereocenters. The van der Waals surface area contributed by atoms with Crippen LogP contribution in [0.15, 0.2) is 13.6 Å². The first-order chi connectivity index (χ1) is 9.97. The van der Waals surface area contributed by atoms with Crippen LogP contribution in [0.25, 0.3) is 0 Å². The molecule has 7 heteroatoms. The van der Waals surface area contributed by atoms with Crippen molar-refractivity contribution in [3.8, 4) is 0 Å². The van der Waals surface area contributed by atoms with Crippen LogP contribution in [0.3, 0.4) is 0 Å². The van der Waals surface area contributed by atoms with Crippen LogP contribution < -0.4 is 5.32 Å². The van der Waals surface area contributed by atoms with Gasteiger partial charge in [-0.1, -0.05) is 25.4 Å². The van der Waals surface area contributed by atoms with Gasteiger partial charge in [0.15, 0.2) is 0 Å². The minimum atomic E-state index is 0.213. The summed E-state index contributed by atoms with van der Waals surface area (Å²) in [5.74, 6) is 0. The van der Waals surface area contributed by atoms with E-state index in [2.05, 4.69) is 62.2 Å². The molecular weight excluding hydrogens is 438 g/mol. The van der Waals surface area contributed by atoms with Crippen LogP contribution in [0, 0.1) is 0 Å². The molecule has 0 aliphatic carbocycles. The zero-order valence-electron chi connectivity index (χ0n) is 12.2. The lowest BCUT2D eigenvalue weighted by Crippen LogP contribution is -2.24. The van der Waals surface area contributed by atoms with E-state index in [1.54, 1.807) is 11.3 Å². The molecule has 0 aliphatic rings. The predicted octanol–water partition coefficient (Wildman–Crippen LogP) is 5.12. The van der Waals surface area contributed by atoms with Gasteiger partial charge in [-0.15, -0.1) is 11.3 Å². The third kappa shape index (κ3) is 3.91. The first-order valence-electron chi connectivity index (χ1n) is 6.86. The normalized spacial score (nSPS) is 12.9. The lowest BCUT2D eigenvalue weighted by molar-refractivity contribution is 0.528. The van der Waals surface area contributed by atoms with Gasteiger partial charge in [-0.25, -0.2) is 0 Å². The molecule has 0 bridgehead atoms. The largest absolute Gasteiger partial charge is 0.310 e. The van der Waals surface area contributed by atoms with Crippen molar-refractivity contribution in [2.24, 2.45) is 7.05 Å². The molecule has 0 spiro atoms. The third-order valence-electron chi connectivity index (χ3n) is 3.41. The van der Waals surface area contributed by atoms with Crippen molar-refractivity contribution < 1.29 is 0 Å². The monoisotopic (exact) mass is 453 g/mol. The summed E-state index contributed by atoms with van der Waals surface area (Å²) >= 11 is 15.4. The van der Waals surface area contributed by atoms with Gasteiger partial charge < -0.3 is 5.32 Å². The topological polar surface area (TPSA) is 29.9 Å². The van der Waals surface area contributed by atoms with Gasteiger partial charge in [-0.3, -0.25) is 4.68 Å². The van der Waals surface area contributed by atoms with Crippen LogP contribution in [-0.2, 0) is 19.9 Å². The molecule has 0 fully saturated rings. The minimum Gasteiger partial charge on any atom is -0.310 e. The molecule has 0 saturated carbocycles. The van der Waals surface area contributed by atoms with Crippen molar-refractivity contribution in [1.29, 1.82) is 0 Å². The number of likely N-dealkylation sites (N-methyl/N-ethyl adjacent to an activating group) is 1. The van der Waals surface area contributed by atoms with E-state index < -0.39 is 0 Å². The summed E-state index contributed by atoms with van der Waals surface area (Å²) in [6.07, 6.45) is 1.67. The molecule has 2 heterocycles. The minimum absolute atomic E-state index is 0.213. The van der Waals surface area contributed by atoms with E-state index in [4.69, 9.17) is 11.6 Å². The van der Waals surface area contributed by atoms with Gasteiger partial charge in [-0.05, 0) is 56.5 Å². The number of aryl methyl sites for hydroxylation is 2. The molecular formula is C14H18Br2ClN3S. The summed E-state index contributed by atoms with van der Waals surface area (Å²) in [6, 6.07) is 2.37. The molecule has 2 rings (SSSR count). The summed E-state index contributed by atoms with van der Waals surface area (Å²) in [5, 5.41) is 8.84. The number of rotatable bonds is 6. The van der Waals surface area contributed by atoms with Gasteiger partial charge in [0, 0.05) is 19.5 Å². The first kappa shape index (κ1) is 17.5. The summed E-state index contributed by atoms with van der Waals surface area (Å²) in [5.41, 5.74) is 3.30. The van der Waals surface area contributed by atoms with Crippen LogP contribution in [0.1, 0.15) is 36.8 Å². The van der Waals surface area contributed by atoms with Crippen molar-refractivity contribution in [1.82, 2.24) is 15.1 Å². The van der Waals surface area contributed by atoms with E-state index in [-0.39, 0.29) is 6.04 Å². The standard InChI is InChI=1S/C14H18Br2ClN3S/c1-4-9-13(17)11(20(3)19-9)7-10(18-5-2)8-6-12(15)21-14(8)16/h6,10,18H,4-5,7H2,1-3H3. The second kappa shape index (κ2) is 7.59. The molecule has 1 N–H and O–H groups in total. The lowest BCUT2D eigenvalue weighted by atomic mass is 10.0. The van der Waals surface area contributed by atoms with E-state index >= 15 is 0 Å². The maximum absolute atomic E-state index is 6.48. The maximum atomic E-state index is 6.48. The zero-order valence-corrected chi connectivity index (χ0v) is 17.0. The highest BCUT2D eigenvalue weighted by atomic mass is 79.9. The number of thiophene rings is 1. The number of halogens is 3. The maximum Gasteiger partial charge on any atom is 0.0850 e.